The third-order valence-corrected chi connectivity index (χ3v) is 4.06. The molecule has 0 amide bonds. The molecule has 4 nitrogen and oxygen atoms in total. The van der Waals surface area contributed by atoms with Crippen LogP contribution >= 0.6 is 0 Å². The van der Waals surface area contributed by atoms with Crippen LogP contribution in [0, 0.1) is 0 Å². The normalized spacial score (nSPS) is 19.3. The van der Waals surface area contributed by atoms with Gasteiger partial charge in [0.15, 0.2) is 5.84 Å². The van der Waals surface area contributed by atoms with Crippen LogP contribution < -0.4 is 11.1 Å². The predicted octanol–water partition coefficient (Wildman–Crippen LogP) is 2.59. The van der Waals surface area contributed by atoms with Gasteiger partial charge in [-0.25, -0.2) is 0 Å². The number of hydrogen-bond acceptors (Lipinski definition) is 3. The molecule has 0 heterocycles. The topological polar surface area (TPSA) is 70.6 Å². The summed E-state index contributed by atoms with van der Waals surface area (Å²) in [6, 6.07) is 7.79. The Labute approximate surface area is 114 Å². The molecule has 0 aliphatic heterocycles. The van der Waals surface area contributed by atoms with Gasteiger partial charge in [-0.15, -0.1) is 0 Å². The SMILES string of the molecule is CC1(NCc2ccccc2C(N)=NO)CCCCC1. The van der Waals surface area contributed by atoms with Crippen LogP contribution in [0.2, 0.25) is 0 Å². The summed E-state index contributed by atoms with van der Waals surface area (Å²) in [7, 11) is 0. The lowest BCUT2D eigenvalue weighted by Gasteiger charge is -2.35. The van der Waals surface area contributed by atoms with E-state index in [1.165, 1.54) is 32.1 Å². The van der Waals surface area contributed by atoms with Crippen molar-refractivity contribution in [2.75, 3.05) is 0 Å². The zero-order valence-electron chi connectivity index (χ0n) is 11.5. The third-order valence-electron chi connectivity index (χ3n) is 4.06. The molecule has 0 atom stereocenters. The Bertz CT molecular complexity index is 450. The number of rotatable bonds is 4. The van der Waals surface area contributed by atoms with Crippen molar-refractivity contribution >= 4 is 5.84 Å². The Morgan fingerprint density at radius 1 is 1.32 bits per heavy atom. The zero-order valence-corrected chi connectivity index (χ0v) is 11.5. The van der Waals surface area contributed by atoms with Gasteiger partial charge < -0.3 is 16.3 Å². The molecule has 0 spiro atoms. The molecular weight excluding hydrogens is 238 g/mol. The molecule has 104 valence electrons. The summed E-state index contributed by atoms with van der Waals surface area (Å²) in [5.74, 6) is 0.172. The van der Waals surface area contributed by atoms with Crippen molar-refractivity contribution in [1.82, 2.24) is 5.32 Å². The molecule has 4 N–H and O–H groups in total. The van der Waals surface area contributed by atoms with E-state index in [2.05, 4.69) is 17.4 Å². The summed E-state index contributed by atoms with van der Waals surface area (Å²) >= 11 is 0. The smallest absolute Gasteiger partial charge is 0.170 e. The summed E-state index contributed by atoms with van der Waals surface area (Å²) in [6.45, 7) is 3.04. The van der Waals surface area contributed by atoms with Crippen LogP contribution in [-0.2, 0) is 6.54 Å². The molecule has 4 heteroatoms. The molecule has 1 aliphatic carbocycles. The van der Waals surface area contributed by atoms with Crippen molar-refractivity contribution in [2.45, 2.75) is 51.1 Å². The number of hydrogen-bond donors (Lipinski definition) is 3. The average molecular weight is 261 g/mol. The Balaban J connectivity index is 2.07. The molecule has 1 aromatic rings. The first-order valence-electron chi connectivity index (χ1n) is 6.95. The second-order valence-corrected chi connectivity index (χ2v) is 5.62. The van der Waals surface area contributed by atoms with Crippen LogP contribution in [0.4, 0.5) is 0 Å². The Kier molecular flexibility index (Phi) is 4.43. The fraction of sp³-hybridized carbons (Fsp3) is 0.533. The van der Waals surface area contributed by atoms with Crippen LogP contribution in [0.3, 0.4) is 0 Å². The summed E-state index contributed by atoms with van der Waals surface area (Å²) in [4.78, 5) is 0. The first-order valence-corrected chi connectivity index (χ1v) is 6.95. The van der Waals surface area contributed by atoms with Crippen molar-refractivity contribution < 1.29 is 5.21 Å². The van der Waals surface area contributed by atoms with E-state index in [0.29, 0.717) is 0 Å². The van der Waals surface area contributed by atoms with Crippen molar-refractivity contribution in [2.24, 2.45) is 10.9 Å². The quantitative estimate of drug-likeness (QED) is 0.338. The van der Waals surface area contributed by atoms with E-state index in [9.17, 15) is 0 Å². The minimum atomic E-state index is 0.172. The van der Waals surface area contributed by atoms with E-state index in [1.54, 1.807) is 0 Å². The van der Waals surface area contributed by atoms with E-state index < -0.39 is 0 Å². The lowest BCUT2D eigenvalue weighted by atomic mass is 9.83. The Morgan fingerprint density at radius 2 is 2.00 bits per heavy atom. The van der Waals surface area contributed by atoms with Crippen LogP contribution in [0.5, 0.6) is 0 Å². The molecule has 0 radical (unpaired) electrons. The van der Waals surface area contributed by atoms with E-state index in [4.69, 9.17) is 10.9 Å². The summed E-state index contributed by atoms with van der Waals surface area (Å²) in [5.41, 5.74) is 7.80. The van der Waals surface area contributed by atoms with Gasteiger partial charge in [-0.2, -0.15) is 0 Å². The Hall–Kier alpha value is -1.55. The Morgan fingerprint density at radius 3 is 2.68 bits per heavy atom. The maximum atomic E-state index is 8.82. The van der Waals surface area contributed by atoms with Crippen molar-refractivity contribution in [3.05, 3.63) is 35.4 Å². The second kappa shape index (κ2) is 6.06. The number of nitrogens with one attached hydrogen (secondary N) is 1. The number of amidine groups is 1. The largest absolute Gasteiger partial charge is 0.409 e. The highest BCUT2D eigenvalue weighted by atomic mass is 16.4. The monoisotopic (exact) mass is 261 g/mol. The number of oxime groups is 1. The first kappa shape index (κ1) is 13.9. The standard InChI is InChI=1S/C15H23N3O/c1-15(9-5-2-6-10-15)17-11-12-7-3-4-8-13(12)14(16)18-19/h3-4,7-8,17,19H,2,5-6,9-11H2,1H3,(H2,16,18). The molecule has 0 aromatic heterocycles. The van der Waals surface area contributed by atoms with Gasteiger partial charge in [-0.3, -0.25) is 0 Å². The molecule has 19 heavy (non-hydrogen) atoms. The molecule has 0 unspecified atom stereocenters. The maximum Gasteiger partial charge on any atom is 0.170 e. The lowest BCUT2D eigenvalue weighted by Crippen LogP contribution is -2.43. The van der Waals surface area contributed by atoms with Crippen LogP contribution in [0.1, 0.15) is 50.2 Å². The second-order valence-electron chi connectivity index (χ2n) is 5.62. The van der Waals surface area contributed by atoms with Gasteiger partial charge in [0.2, 0.25) is 0 Å². The van der Waals surface area contributed by atoms with Crippen molar-refractivity contribution in [1.29, 1.82) is 0 Å². The highest BCUT2D eigenvalue weighted by molar-refractivity contribution is 5.98. The lowest BCUT2D eigenvalue weighted by molar-refractivity contribution is 0.252. The molecule has 0 bridgehead atoms. The van der Waals surface area contributed by atoms with Gasteiger partial charge in [0.1, 0.15) is 0 Å². The summed E-state index contributed by atoms with van der Waals surface area (Å²) in [6.07, 6.45) is 6.38. The van der Waals surface area contributed by atoms with Crippen LogP contribution in [-0.4, -0.2) is 16.6 Å². The molecular formula is C15H23N3O. The van der Waals surface area contributed by atoms with Gasteiger partial charge >= 0.3 is 0 Å². The van der Waals surface area contributed by atoms with E-state index >= 15 is 0 Å². The number of nitrogens with zero attached hydrogens (tertiary/aromatic N) is 1. The number of nitrogens with two attached hydrogens (primary N) is 1. The van der Waals surface area contributed by atoms with Gasteiger partial charge in [-0.1, -0.05) is 48.7 Å². The van der Waals surface area contributed by atoms with Gasteiger partial charge in [-0.05, 0) is 25.3 Å². The first-order chi connectivity index (χ1) is 9.14. The fourth-order valence-electron chi connectivity index (χ4n) is 2.80. The maximum absolute atomic E-state index is 8.82. The van der Waals surface area contributed by atoms with Crippen LogP contribution in [0.15, 0.2) is 29.4 Å². The van der Waals surface area contributed by atoms with E-state index in [-0.39, 0.29) is 11.4 Å². The molecule has 1 saturated carbocycles. The molecule has 1 fully saturated rings. The molecule has 1 aliphatic rings. The minimum Gasteiger partial charge on any atom is -0.409 e. The van der Waals surface area contributed by atoms with Gasteiger partial charge in [0.05, 0.1) is 0 Å². The average Bonchev–Trinajstić information content (AvgIpc) is 2.45. The van der Waals surface area contributed by atoms with E-state index in [0.717, 1.165) is 17.7 Å². The number of benzene rings is 1. The van der Waals surface area contributed by atoms with E-state index in [1.807, 2.05) is 24.3 Å². The van der Waals surface area contributed by atoms with Crippen molar-refractivity contribution in [3.63, 3.8) is 0 Å². The molecule has 2 rings (SSSR count). The summed E-state index contributed by atoms with van der Waals surface area (Å²) in [5, 5.41) is 15.6. The summed E-state index contributed by atoms with van der Waals surface area (Å²) < 4.78 is 0. The highest BCUT2D eigenvalue weighted by Gasteiger charge is 2.26. The zero-order chi connectivity index (χ0) is 13.7. The third kappa shape index (κ3) is 3.47. The minimum absolute atomic E-state index is 0.172. The predicted molar refractivity (Wildman–Crippen MR) is 77.3 cm³/mol. The molecule has 0 saturated heterocycles. The van der Waals surface area contributed by atoms with Gasteiger partial charge in [0.25, 0.3) is 0 Å². The van der Waals surface area contributed by atoms with Gasteiger partial charge in [0, 0.05) is 17.6 Å². The van der Waals surface area contributed by atoms with Crippen molar-refractivity contribution in [3.8, 4) is 0 Å². The fourth-order valence-corrected chi connectivity index (χ4v) is 2.80. The highest BCUT2D eigenvalue weighted by Crippen LogP contribution is 2.28. The molecule has 1 aromatic carbocycles. The van der Waals surface area contributed by atoms with Crippen LogP contribution in [0.25, 0.3) is 0 Å².